The van der Waals surface area contributed by atoms with Gasteiger partial charge in [-0.1, -0.05) is 5.16 Å². The summed E-state index contributed by atoms with van der Waals surface area (Å²) < 4.78 is 10.7. The molecule has 0 spiro atoms. The lowest BCUT2D eigenvalue weighted by Crippen LogP contribution is -2.23. The van der Waals surface area contributed by atoms with E-state index < -0.39 is 5.91 Å². The maximum absolute atomic E-state index is 11.0. The van der Waals surface area contributed by atoms with Crippen LogP contribution < -0.4 is 5.73 Å². The molecule has 3 heterocycles. The van der Waals surface area contributed by atoms with Crippen LogP contribution in [0.1, 0.15) is 46.9 Å². The monoisotopic (exact) mass is 276 g/mol. The van der Waals surface area contributed by atoms with E-state index in [1.165, 1.54) is 0 Å². The van der Waals surface area contributed by atoms with Gasteiger partial charge in [-0.3, -0.25) is 9.69 Å². The van der Waals surface area contributed by atoms with Gasteiger partial charge in [-0.25, -0.2) is 0 Å². The van der Waals surface area contributed by atoms with Gasteiger partial charge in [-0.05, 0) is 38.4 Å². The summed E-state index contributed by atoms with van der Waals surface area (Å²) in [5.41, 5.74) is 5.13. The molecule has 20 heavy (non-hydrogen) atoms. The van der Waals surface area contributed by atoms with Crippen LogP contribution in [-0.4, -0.2) is 27.5 Å². The van der Waals surface area contributed by atoms with E-state index >= 15 is 0 Å². The first kappa shape index (κ1) is 12.9. The zero-order chi connectivity index (χ0) is 14.1. The van der Waals surface area contributed by atoms with Crippen LogP contribution in [0.5, 0.6) is 0 Å². The summed E-state index contributed by atoms with van der Waals surface area (Å²) in [6, 6.07) is 3.92. The maximum atomic E-state index is 11.0. The highest BCUT2D eigenvalue weighted by molar-refractivity contribution is 5.88. The molecule has 2 N–H and O–H groups in total. The predicted octanol–water partition coefficient (Wildman–Crippen LogP) is 1.41. The zero-order valence-electron chi connectivity index (χ0n) is 11.2. The highest BCUT2D eigenvalue weighted by Gasteiger charge is 2.31. The Bertz CT molecular complexity index is 619. The molecule has 1 unspecified atom stereocenters. The minimum atomic E-state index is -0.675. The standard InChI is InChI=1S/C13H16N4O3/c1-8-4-5-9(19-8)7-17-6-2-3-10(17)13-15-12(11(14)18)16-20-13/h4-5,10H,2-3,6-7H2,1H3,(H2,14,18). The van der Waals surface area contributed by atoms with E-state index in [0.29, 0.717) is 12.4 Å². The van der Waals surface area contributed by atoms with Crippen molar-refractivity contribution >= 4 is 5.91 Å². The lowest BCUT2D eigenvalue weighted by atomic mass is 10.2. The molecule has 0 aliphatic carbocycles. The molecule has 1 aliphatic rings. The fraction of sp³-hybridized carbons (Fsp3) is 0.462. The average molecular weight is 276 g/mol. The molecule has 7 nitrogen and oxygen atoms in total. The van der Waals surface area contributed by atoms with Crippen LogP contribution in [-0.2, 0) is 6.54 Å². The van der Waals surface area contributed by atoms with Crippen molar-refractivity contribution in [3.05, 3.63) is 35.4 Å². The van der Waals surface area contributed by atoms with E-state index in [4.69, 9.17) is 14.7 Å². The molecule has 2 aromatic heterocycles. The van der Waals surface area contributed by atoms with E-state index in [-0.39, 0.29) is 11.9 Å². The van der Waals surface area contributed by atoms with Gasteiger partial charge in [0.15, 0.2) is 0 Å². The van der Waals surface area contributed by atoms with Gasteiger partial charge in [-0.2, -0.15) is 4.98 Å². The third-order valence-corrected chi connectivity index (χ3v) is 3.47. The van der Waals surface area contributed by atoms with Crippen LogP contribution in [0.4, 0.5) is 0 Å². The highest BCUT2D eigenvalue weighted by atomic mass is 16.5. The summed E-state index contributed by atoms with van der Waals surface area (Å²) in [7, 11) is 0. The van der Waals surface area contributed by atoms with E-state index in [2.05, 4.69) is 15.0 Å². The van der Waals surface area contributed by atoms with E-state index in [1.807, 2.05) is 19.1 Å². The minimum Gasteiger partial charge on any atom is -0.465 e. The number of furan rings is 1. The third kappa shape index (κ3) is 2.44. The van der Waals surface area contributed by atoms with Crippen molar-refractivity contribution in [3.8, 4) is 0 Å². The number of hydrogen-bond acceptors (Lipinski definition) is 6. The van der Waals surface area contributed by atoms with Gasteiger partial charge in [0.1, 0.15) is 11.5 Å². The number of aryl methyl sites for hydroxylation is 1. The Morgan fingerprint density at radius 2 is 2.40 bits per heavy atom. The molecule has 7 heteroatoms. The topological polar surface area (TPSA) is 98.4 Å². The second-order valence-electron chi connectivity index (χ2n) is 4.96. The molecular formula is C13H16N4O3. The Kier molecular flexibility index (Phi) is 3.27. The number of carbonyl (C=O) groups is 1. The molecule has 0 bridgehead atoms. The Morgan fingerprint density at radius 1 is 1.55 bits per heavy atom. The molecular weight excluding hydrogens is 260 g/mol. The van der Waals surface area contributed by atoms with Gasteiger partial charge >= 0.3 is 0 Å². The third-order valence-electron chi connectivity index (χ3n) is 3.47. The summed E-state index contributed by atoms with van der Waals surface area (Å²) in [6.45, 7) is 3.54. The number of carbonyl (C=O) groups excluding carboxylic acids is 1. The SMILES string of the molecule is Cc1ccc(CN2CCCC2c2nc(C(N)=O)no2)o1. The van der Waals surface area contributed by atoms with Crippen LogP contribution in [0.15, 0.2) is 21.1 Å². The van der Waals surface area contributed by atoms with Gasteiger partial charge in [0.25, 0.3) is 11.7 Å². The number of rotatable bonds is 4. The molecule has 0 saturated carbocycles. The van der Waals surface area contributed by atoms with E-state index in [1.54, 1.807) is 0 Å². The van der Waals surface area contributed by atoms with Crippen molar-refractivity contribution < 1.29 is 13.7 Å². The lowest BCUT2D eigenvalue weighted by Gasteiger charge is -2.19. The lowest BCUT2D eigenvalue weighted by molar-refractivity contribution is 0.0987. The van der Waals surface area contributed by atoms with Crippen LogP contribution in [0, 0.1) is 6.92 Å². The number of hydrogen-bond donors (Lipinski definition) is 1. The molecule has 3 rings (SSSR count). The van der Waals surface area contributed by atoms with Gasteiger partial charge in [0.2, 0.25) is 5.89 Å². The Balaban J connectivity index is 1.76. The van der Waals surface area contributed by atoms with Crippen molar-refractivity contribution in [2.75, 3.05) is 6.54 Å². The highest BCUT2D eigenvalue weighted by Crippen LogP contribution is 2.32. The summed E-state index contributed by atoms with van der Waals surface area (Å²) in [5.74, 6) is 1.50. The molecule has 1 fully saturated rings. The Hall–Kier alpha value is -2.15. The second-order valence-corrected chi connectivity index (χ2v) is 4.96. The molecule has 1 amide bonds. The van der Waals surface area contributed by atoms with Gasteiger partial charge < -0.3 is 14.7 Å². The second kappa shape index (κ2) is 5.09. The number of nitrogens with zero attached hydrogens (tertiary/aromatic N) is 3. The number of aromatic nitrogens is 2. The van der Waals surface area contributed by atoms with Crippen molar-refractivity contribution in [2.45, 2.75) is 32.4 Å². The molecule has 0 aromatic carbocycles. The largest absolute Gasteiger partial charge is 0.465 e. The van der Waals surface area contributed by atoms with Gasteiger partial charge in [0.05, 0.1) is 12.6 Å². The van der Waals surface area contributed by atoms with Crippen LogP contribution in [0.2, 0.25) is 0 Å². The van der Waals surface area contributed by atoms with Crippen LogP contribution in [0.3, 0.4) is 0 Å². The summed E-state index contributed by atoms with van der Waals surface area (Å²) in [4.78, 5) is 17.3. The molecule has 106 valence electrons. The van der Waals surface area contributed by atoms with Crippen LogP contribution >= 0.6 is 0 Å². The van der Waals surface area contributed by atoms with Crippen molar-refractivity contribution in [3.63, 3.8) is 0 Å². The fourth-order valence-electron chi connectivity index (χ4n) is 2.54. The predicted molar refractivity (Wildman–Crippen MR) is 68.6 cm³/mol. The van der Waals surface area contributed by atoms with E-state index in [0.717, 1.165) is 30.9 Å². The average Bonchev–Trinajstić information content (AvgIpc) is 3.10. The smallest absolute Gasteiger partial charge is 0.290 e. The molecule has 1 atom stereocenters. The number of likely N-dealkylation sites (tertiary alicyclic amines) is 1. The van der Waals surface area contributed by atoms with Gasteiger partial charge in [0, 0.05) is 0 Å². The Morgan fingerprint density at radius 3 is 3.05 bits per heavy atom. The Labute approximate surface area is 115 Å². The van der Waals surface area contributed by atoms with E-state index in [9.17, 15) is 4.79 Å². The maximum Gasteiger partial charge on any atom is 0.290 e. The summed E-state index contributed by atoms with van der Waals surface area (Å²) in [5, 5.41) is 3.60. The first-order chi connectivity index (χ1) is 9.63. The van der Waals surface area contributed by atoms with Gasteiger partial charge in [-0.15, -0.1) is 0 Å². The quantitative estimate of drug-likeness (QED) is 0.906. The molecule has 1 aliphatic heterocycles. The normalized spacial score (nSPS) is 19.6. The number of primary amides is 1. The number of amides is 1. The van der Waals surface area contributed by atoms with Crippen molar-refractivity contribution in [1.82, 2.24) is 15.0 Å². The van der Waals surface area contributed by atoms with Crippen molar-refractivity contribution in [1.29, 1.82) is 0 Å². The first-order valence-electron chi connectivity index (χ1n) is 6.56. The zero-order valence-corrected chi connectivity index (χ0v) is 11.2. The molecule has 0 radical (unpaired) electrons. The summed E-state index contributed by atoms with van der Waals surface area (Å²) in [6.07, 6.45) is 1.96. The first-order valence-corrected chi connectivity index (χ1v) is 6.56. The fourth-order valence-corrected chi connectivity index (χ4v) is 2.54. The molecule has 1 saturated heterocycles. The number of nitrogens with two attached hydrogens (primary N) is 1. The van der Waals surface area contributed by atoms with Crippen molar-refractivity contribution in [2.24, 2.45) is 5.73 Å². The van der Waals surface area contributed by atoms with Crippen LogP contribution in [0.25, 0.3) is 0 Å². The molecule has 2 aromatic rings. The minimum absolute atomic E-state index is 0.0148. The summed E-state index contributed by atoms with van der Waals surface area (Å²) >= 11 is 0.